The average molecular weight is 228 g/mol. The number of ketones is 1. The number of carbonyl (C=O) groups is 1. The summed E-state index contributed by atoms with van der Waals surface area (Å²) in [5, 5.41) is 26.2. The van der Waals surface area contributed by atoms with Crippen molar-refractivity contribution in [3.05, 3.63) is 47.3 Å². The van der Waals surface area contributed by atoms with Crippen molar-refractivity contribution in [2.45, 2.75) is 13.8 Å². The van der Waals surface area contributed by atoms with Crippen molar-refractivity contribution in [3.63, 3.8) is 0 Å². The largest absolute Gasteiger partial charge is 0.511 e. The lowest BCUT2D eigenvalue weighted by Crippen LogP contribution is -1.91. The third-order valence-corrected chi connectivity index (χ3v) is 1.76. The molecule has 0 spiro atoms. The Balaban J connectivity index is 4.67. The number of carbonyl (C=O) groups excluding carboxylic acids is 1. The van der Waals surface area contributed by atoms with Crippen LogP contribution in [0.3, 0.4) is 0 Å². The van der Waals surface area contributed by atoms with Crippen LogP contribution in [0.2, 0.25) is 0 Å². The molecule has 0 aromatic rings. The smallest absolute Gasteiger partial charge is 0.170 e. The van der Waals surface area contributed by atoms with Gasteiger partial charge in [-0.25, -0.2) is 0 Å². The third kappa shape index (κ3) is 5.76. The van der Waals surface area contributed by atoms with Crippen LogP contribution in [0.1, 0.15) is 13.8 Å². The summed E-state index contributed by atoms with van der Waals surface area (Å²) in [6.45, 7) is 2.72. The molecule has 0 aromatic heterocycles. The number of aliphatic hydroxyl groups excluding tert-OH is 1. The van der Waals surface area contributed by atoms with Crippen molar-refractivity contribution in [2.75, 3.05) is 0 Å². The van der Waals surface area contributed by atoms with Gasteiger partial charge in [0.25, 0.3) is 0 Å². The number of Topliss-reactive ketones (excluding diaryl/α,β-unsaturated/α-hetero) is 1. The number of nitrogens with zero attached hydrogens (tertiary/aromatic N) is 2. The van der Waals surface area contributed by atoms with Crippen molar-refractivity contribution in [2.24, 2.45) is 0 Å². The summed E-state index contributed by atoms with van der Waals surface area (Å²) >= 11 is 0. The highest BCUT2D eigenvalue weighted by Crippen LogP contribution is 2.01. The Kier molecular flexibility index (Phi) is 6.50. The molecule has 0 bridgehead atoms. The zero-order chi connectivity index (χ0) is 13.3. The van der Waals surface area contributed by atoms with E-state index in [4.69, 9.17) is 15.6 Å². The van der Waals surface area contributed by atoms with Crippen LogP contribution in [0, 0.1) is 22.7 Å². The molecule has 0 heterocycles. The second-order valence-corrected chi connectivity index (χ2v) is 3.10. The Morgan fingerprint density at radius 1 is 1.12 bits per heavy atom. The van der Waals surface area contributed by atoms with E-state index in [-0.39, 0.29) is 22.7 Å². The molecule has 0 atom stereocenters. The summed E-state index contributed by atoms with van der Waals surface area (Å²) in [6, 6.07) is 3.58. The van der Waals surface area contributed by atoms with E-state index in [2.05, 4.69) is 0 Å². The lowest BCUT2D eigenvalue weighted by Gasteiger charge is -1.89. The molecule has 0 fully saturated rings. The monoisotopic (exact) mass is 228 g/mol. The molecule has 0 aliphatic rings. The molecular weight excluding hydrogens is 216 g/mol. The van der Waals surface area contributed by atoms with E-state index in [1.54, 1.807) is 12.1 Å². The van der Waals surface area contributed by atoms with E-state index in [0.717, 1.165) is 0 Å². The highest BCUT2D eigenvalue weighted by Gasteiger charge is 1.98. The second kappa shape index (κ2) is 7.67. The van der Waals surface area contributed by atoms with Gasteiger partial charge in [0.2, 0.25) is 0 Å². The summed E-state index contributed by atoms with van der Waals surface area (Å²) in [7, 11) is 0. The maximum Gasteiger partial charge on any atom is 0.170 e. The molecule has 17 heavy (non-hydrogen) atoms. The Labute approximate surface area is 100 Å². The number of aliphatic hydroxyl groups is 1. The minimum Gasteiger partial charge on any atom is -0.511 e. The molecule has 86 valence electrons. The molecule has 4 heteroatoms. The van der Waals surface area contributed by atoms with Crippen LogP contribution in [-0.2, 0) is 4.79 Å². The first-order chi connectivity index (χ1) is 8.02. The molecule has 0 rings (SSSR count). The van der Waals surface area contributed by atoms with Gasteiger partial charge in [0.15, 0.2) is 5.78 Å². The fraction of sp³-hybridized carbons (Fsp3) is 0.154. The SMILES string of the molecule is CC(=O)/C(C#N)=C/C=C/C=C/C(C#N)=C(/C)O. The van der Waals surface area contributed by atoms with Crippen LogP contribution in [0.25, 0.3) is 0 Å². The van der Waals surface area contributed by atoms with E-state index in [0.29, 0.717) is 0 Å². The molecule has 1 N–H and O–H groups in total. The van der Waals surface area contributed by atoms with Crippen LogP contribution in [0.5, 0.6) is 0 Å². The summed E-state index contributed by atoms with van der Waals surface area (Å²) in [5.74, 6) is -0.362. The second-order valence-electron chi connectivity index (χ2n) is 3.10. The van der Waals surface area contributed by atoms with Gasteiger partial charge >= 0.3 is 0 Å². The quantitative estimate of drug-likeness (QED) is 0.346. The molecular formula is C13H12N2O2. The summed E-state index contributed by atoms with van der Waals surface area (Å²) < 4.78 is 0. The van der Waals surface area contributed by atoms with E-state index in [1.165, 1.54) is 38.2 Å². The van der Waals surface area contributed by atoms with Crippen molar-refractivity contribution in [1.82, 2.24) is 0 Å². The standard InChI is InChI=1S/C13H12N2O2/c1-10(16)12(8-14)6-4-3-5-7-13(9-15)11(2)17/h3-7,16H,1-2H3/b5-3+,6-4+,12-10+,13-7+. The Bertz CT molecular complexity index is 490. The van der Waals surface area contributed by atoms with Gasteiger partial charge in [0.1, 0.15) is 17.9 Å². The molecule has 0 radical (unpaired) electrons. The lowest BCUT2D eigenvalue weighted by atomic mass is 10.2. The average Bonchev–Trinajstić information content (AvgIpc) is 2.27. The fourth-order valence-corrected chi connectivity index (χ4v) is 0.840. The number of allylic oxidation sites excluding steroid dienone is 8. The number of rotatable bonds is 4. The molecule has 0 unspecified atom stereocenters. The summed E-state index contributed by atoms with van der Waals surface area (Å²) in [4.78, 5) is 10.9. The predicted molar refractivity (Wildman–Crippen MR) is 63.6 cm³/mol. The third-order valence-electron chi connectivity index (χ3n) is 1.76. The van der Waals surface area contributed by atoms with E-state index >= 15 is 0 Å². The van der Waals surface area contributed by atoms with Gasteiger partial charge in [0, 0.05) is 0 Å². The normalized spacial score (nSPS) is 13.3. The maximum absolute atomic E-state index is 10.9. The van der Waals surface area contributed by atoms with Gasteiger partial charge in [-0.2, -0.15) is 10.5 Å². The zero-order valence-electron chi connectivity index (χ0n) is 9.64. The topological polar surface area (TPSA) is 84.9 Å². The van der Waals surface area contributed by atoms with Crippen molar-refractivity contribution in [3.8, 4) is 12.1 Å². The first kappa shape index (κ1) is 14.4. The van der Waals surface area contributed by atoms with Gasteiger partial charge in [-0.15, -0.1) is 0 Å². The van der Waals surface area contributed by atoms with Gasteiger partial charge in [-0.05, 0) is 26.0 Å². The molecule has 0 aliphatic carbocycles. The van der Waals surface area contributed by atoms with Crippen LogP contribution >= 0.6 is 0 Å². The van der Waals surface area contributed by atoms with Crippen molar-refractivity contribution < 1.29 is 9.90 Å². The Morgan fingerprint density at radius 3 is 2.18 bits per heavy atom. The first-order valence-electron chi connectivity index (χ1n) is 4.79. The number of nitriles is 2. The van der Waals surface area contributed by atoms with Crippen LogP contribution in [-0.4, -0.2) is 10.9 Å². The van der Waals surface area contributed by atoms with Gasteiger partial charge in [0.05, 0.1) is 11.1 Å². The maximum atomic E-state index is 10.9. The highest BCUT2D eigenvalue weighted by atomic mass is 16.3. The van der Waals surface area contributed by atoms with E-state index in [1.807, 2.05) is 6.07 Å². The molecule has 4 nitrogen and oxygen atoms in total. The van der Waals surface area contributed by atoms with Crippen molar-refractivity contribution in [1.29, 1.82) is 10.5 Å². The highest BCUT2D eigenvalue weighted by molar-refractivity contribution is 5.97. The summed E-state index contributed by atoms with van der Waals surface area (Å²) in [5.41, 5.74) is 0.217. The molecule has 0 amide bonds. The molecule has 0 aromatic carbocycles. The predicted octanol–water partition coefficient (Wildman–Crippen LogP) is 2.49. The summed E-state index contributed by atoms with van der Waals surface area (Å²) in [6.07, 6.45) is 7.41. The molecule has 0 saturated heterocycles. The van der Waals surface area contributed by atoms with Gasteiger partial charge < -0.3 is 5.11 Å². The Hall–Kier alpha value is -2.59. The molecule has 0 saturated carbocycles. The van der Waals surface area contributed by atoms with Gasteiger partial charge in [-0.1, -0.05) is 18.2 Å². The van der Waals surface area contributed by atoms with Crippen LogP contribution in [0.15, 0.2) is 47.3 Å². The number of hydrogen-bond donors (Lipinski definition) is 1. The Morgan fingerprint density at radius 2 is 1.76 bits per heavy atom. The van der Waals surface area contributed by atoms with Gasteiger partial charge in [-0.3, -0.25) is 4.79 Å². The zero-order valence-corrected chi connectivity index (χ0v) is 9.64. The van der Waals surface area contributed by atoms with Crippen LogP contribution in [0.4, 0.5) is 0 Å². The molecule has 0 aliphatic heterocycles. The van der Waals surface area contributed by atoms with E-state index < -0.39 is 0 Å². The lowest BCUT2D eigenvalue weighted by molar-refractivity contribution is -0.113. The van der Waals surface area contributed by atoms with Crippen molar-refractivity contribution >= 4 is 5.78 Å². The van der Waals surface area contributed by atoms with Crippen LogP contribution < -0.4 is 0 Å². The first-order valence-corrected chi connectivity index (χ1v) is 4.79. The fourth-order valence-electron chi connectivity index (χ4n) is 0.840. The number of hydrogen-bond acceptors (Lipinski definition) is 4. The minimum absolute atomic E-state index is 0.0593. The van der Waals surface area contributed by atoms with E-state index in [9.17, 15) is 4.79 Å². The minimum atomic E-state index is -0.301.